The second-order valence-corrected chi connectivity index (χ2v) is 10.6. The minimum atomic E-state index is -3.72. The Morgan fingerprint density at radius 2 is 1.88 bits per heavy atom. The van der Waals surface area contributed by atoms with E-state index in [4.69, 9.17) is 15.0 Å². The first-order chi connectivity index (χ1) is 14.8. The van der Waals surface area contributed by atoms with Gasteiger partial charge in [-0.05, 0) is 24.1 Å². The molecule has 172 valence electrons. The van der Waals surface area contributed by atoms with Crippen LogP contribution in [0.2, 0.25) is 0 Å². The summed E-state index contributed by atoms with van der Waals surface area (Å²) in [5.74, 6) is -3.71. The lowest BCUT2D eigenvalue weighted by Crippen LogP contribution is -2.29. The number of benzene rings is 1. The quantitative estimate of drug-likeness (QED) is 0.459. The molecule has 1 aromatic carbocycles. The van der Waals surface area contributed by atoms with Gasteiger partial charge in [0.05, 0.1) is 4.88 Å². The average molecular weight is 487 g/mol. The molecule has 0 aliphatic heterocycles. The molecule has 1 fully saturated rings. The van der Waals surface area contributed by atoms with Crippen LogP contribution in [0.25, 0.3) is 10.6 Å². The molecular weight excluding hydrogens is 466 g/mol. The molecule has 0 spiro atoms. The lowest BCUT2D eigenvalue weighted by atomic mass is 9.98. The number of aromatic nitrogens is 1. The normalized spacial score (nSPS) is 20.3. The summed E-state index contributed by atoms with van der Waals surface area (Å²) in [6.45, 7) is 2.74. The molecular formula is C20H20F2N2O6S2. The fourth-order valence-electron chi connectivity index (χ4n) is 3.12. The van der Waals surface area contributed by atoms with Crippen LogP contribution in [-0.2, 0) is 21.4 Å². The lowest BCUT2D eigenvalue weighted by molar-refractivity contribution is -0.0105. The van der Waals surface area contributed by atoms with Crippen molar-refractivity contribution in [3.05, 3.63) is 59.9 Å². The Labute approximate surface area is 186 Å². The molecule has 32 heavy (non-hydrogen) atoms. The number of hydrogen-bond donors (Lipinski definition) is 3. The van der Waals surface area contributed by atoms with Gasteiger partial charge in [-0.3, -0.25) is 0 Å². The highest BCUT2D eigenvalue weighted by Gasteiger charge is 2.53. The van der Waals surface area contributed by atoms with Crippen molar-refractivity contribution in [3.63, 3.8) is 0 Å². The van der Waals surface area contributed by atoms with Gasteiger partial charge in [-0.15, -0.1) is 11.3 Å². The molecule has 0 saturated heterocycles. The van der Waals surface area contributed by atoms with Crippen LogP contribution >= 0.6 is 11.3 Å². The zero-order chi connectivity index (χ0) is 23.7. The summed E-state index contributed by atoms with van der Waals surface area (Å²) < 4.78 is 59.6. The number of halogens is 2. The first-order valence-corrected chi connectivity index (χ1v) is 11.6. The third-order valence-corrected chi connectivity index (χ3v) is 8.08. The van der Waals surface area contributed by atoms with Crippen molar-refractivity contribution in [1.82, 2.24) is 9.88 Å². The second-order valence-electron chi connectivity index (χ2n) is 7.53. The Kier molecular flexibility index (Phi) is 6.40. The van der Waals surface area contributed by atoms with Crippen molar-refractivity contribution >= 4 is 27.5 Å². The fourth-order valence-corrected chi connectivity index (χ4v) is 5.74. The molecule has 8 nitrogen and oxygen atoms in total. The molecule has 1 aliphatic carbocycles. The van der Waals surface area contributed by atoms with E-state index in [1.54, 1.807) is 0 Å². The number of nitrogens with one attached hydrogen (secondary N) is 1. The number of hydrogen-bond acceptors (Lipinski definition) is 6. The van der Waals surface area contributed by atoms with Crippen LogP contribution in [0, 0.1) is 0 Å². The summed E-state index contributed by atoms with van der Waals surface area (Å²) in [7, 11) is -3.72. The zero-order valence-corrected chi connectivity index (χ0v) is 18.6. The summed E-state index contributed by atoms with van der Waals surface area (Å²) in [6.07, 6.45) is -1.12. The number of carboxylic acid groups (broad SMARTS) is 2. The van der Waals surface area contributed by atoms with E-state index in [1.165, 1.54) is 12.1 Å². The predicted octanol–water partition coefficient (Wildman–Crippen LogP) is 4.75. The van der Waals surface area contributed by atoms with Gasteiger partial charge in [0.15, 0.2) is 0 Å². The minimum Gasteiger partial charge on any atom is -0.450 e. The van der Waals surface area contributed by atoms with E-state index in [0.29, 0.717) is 18.2 Å². The van der Waals surface area contributed by atoms with Crippen LogP contribution in [0.15, 0.2) is 57.3 Å². The molecule has 4 rings (SSSR count). The van der Waals surface area contributed by atoms with E-state index >= 15 is 0 Å². The number of carbonyl (C=O) groups is 1. The van der Waals surface area contributed by atoms with E-state index in [9.17, 15) is 17.2 Å². The minimum absolute atomic E-state index is 0.109. The molecule has 12 heteroatoms. The Hall–Kier alpha value is -2.83. The zero-order valence-electron chi connectivity index (χ0n) is 17.0. The standard InChI is InChI=1S/C19H18F2N2O3S2.CH2O3/c1-18(12-6-4-3-5-7-12)11-15(18)23-28(24,25)17-9-8-14(27-17)13-10-16(26-22-13)19(2,20)21;2-1(3)4/h3-10,15,23H,11H2,1-2H3;(H2,2,3,4)/t15-,18+;/m0./s1. The van der Waals surface area contributed by atoms with E-state index in [-0.39, 0.29) is 21.4 Å². The molecule has 2 aromatic heterocycles. The number of alkyl halides is 2. The van der Waals surface area contributed by atoms with Crippen LogP contribution in [0.1, 0.15) is 31.6 Å². The van der Waals surface area contributed by atoms with Gasteiger partial charge in [-0.25, -0.2) is 17.9 Å². The topological polar surface area (TPSA) is 130 Å². The van der Waals surface area contributed by atoms with Crippen LogP contribution in [0.5, 0.6) is 0 Å². The summed E-state index contributed by atoms with van der Waals surface area (Å²) >= 11 is 0.965. The first-order valence-electron chi connectivity index (χ1n) is 9.28. The van der Waals surface area contributed by atoms with Gasteiger partial charge in [-0.2, -0.15) is 8.78 Å². The second kappa shape index (κ2) is 8.60. The average Bonchev–Trinajstić information content (AvgIpc) is 3.14. The summed E-state index contributed by atoms with van der Waals surface area (Å²) in [4.78, 5) is 9.00. The molecule has 3 N–H and O–H groups in total. The van der Waals surface area contributed by atoms with Crippen LogP contribution in [-0.4, -0.2) is 36.0 Å². The van der Waals surface area contributed by atoms with Gasteiger partial charge in [-0.1, -0.05) is 42.4 Å². The molecule has 2 atom stereocenters. The van der Waals surface area contributed by atoms with E-state index in [1.807, 2.05) is 37.3 Å². The maximum absolute atomic E-state index is 13.3. The van der Waals surface area contributed by atoms with E-state index in [0.717, 1.165) is 23.0 Å². The Morgan fingerprint density at radius 1 is 1.25 bits per heavy atom. The highest BCUT2D eigenvalue weighted by Crippen LogP contribution is 2.48. The molecule has 0 unspecified atom stereocenters. The van der Waals surface area contributed by atoms with Gasteiger partial charge < -0.3 is 14.7 Å². The van der Waals surface area contributed by atoms with Gasteiger partial charge in [0.2, 0.25) is 15.8 Å². The highest BCUT2D eigenvalue weighted by molar-refractivity contribution is 7.91. The van der Waals surface area contributed by atoms with Crippen molar-refractivity contribution in [3.8, 4) is 10.6 Å². The van der Waals surface area contributed by atoms with E-state index < -0.39 is 27.9 Å². The first kappa shape index (κ1) is 23.8. The molecule has 0 radical (unpaired) electrons. The van der Waals surface area contributed by atoms with E-state index in [2.05, 4.69) is 14.4 Å². The van der Waals surface area contributed by atoms with Crippen molar-refractivity contribution in [2.45, 2.75) is 41.9 Å². The Morgan fingerprint density at radius 3 is 2.44 bits per heavy atom. The van der Waals surface area contributed by atoms with Crippen LogP contribution < -0.4 is 4.72 Å². The lowest BCUT2D eigenvalue weighted by Gasteiger charge is -2.12. The summed E-state index contributed by atoms with van der Waals surface area (Å²) in [6, 6.07) is 13.7. The monoisotopic (exact) mass is 486 g/mol. The van der Waals surface area contributed by atoms with Crippen LogP contribution in [0.4, 0.5) is 13.6 Å². The van der Waals surface area contributed by atoms with Gasteiger partial charge >= 0.3 is 12.1 Å². The third-order valence-electron chi connectivity index (χ3n) is 5.01. The molecule has 0 bridgehead atoms. The summed E-state index contributed by atoms with van der Waals surface area (Å²) in [5.41, 5.74) is 1.04. The van der Waals surface area contributed by atoms with Gasteiger partial charge in [0.25, 0.3) is 0 Å². The Bertz CT molecular complexity index is 1200. The SMILES string of the molecule is CC(F)(F)c1cc(-c2ccc(S(=O)(=O)N[C@H]3C[C@]3(C)c3ccccc3)s2)no1.O=C(O)O. The van der Waals surface area contributed by atoms with Crippen molar-refractivity contribution < 1.29 is 36.7 Å². The van der Waals surface area contributed by atoms with Gasteiger partial charge in [0.1, 0.15) is 9.90 Å². The van der Waals surface area contributed by atoms with Crippen molar-refractivity contribution in [2.75, 3.05) is 0 Å². The number of rotatable bonds is 6. The number of sulfonamides is 1. The third kappa shape index (κ3) is 5.31. The molecule has 3 aromatic rings. The van der Waals surface area contributed by atoms with Gasteiger partial charge in [0, 0.05) is 24.4 Å². The maximum Gasteiger partial charge on any atom is 0.503 e. The molecule has 2 heterocycles. The number of thiophene rings is 1. The van der Waals surface area contributed by atoms with Crippen molar-refractivity contribution in [1.29, 1.82) is 0 Å². The largest absolute Gasteiger partial charge is 0.503 e. The Balaban J connectivity index is 0.000000668. The predicted molar refractivity (Wildman–Crippen MR) is 113 cm³/mol. The number of nitrogens with zero attached hydrogens (tertiary/aromatic N) is 1. The maximum atomic E-state index is 13.3. The molecule has 0 amide bonds. The smallest absolute Gasteiger partial charge is 0.450 e. The van der Waals surface area contributed by atoms with Crippen LogP contribution in [0.3, 0.4) is 0 Å². The molecule has 1 aliphatic rings. The van der Waals surface area contributed by atoms with Crippen molar-refractivity contribution in [2.24, 2.45) is 0 Å². The summed E-state index contributed by atoms with van der Waals surface area (Å²) in [5, 5.41) is 17.6. The molecule has 1 saturated carbocycles. The highest BCUT2D eigenvalue weighted by atomic mass is 32.2. The fraction of sp³-hybridized carbons (Fsp3) is 0.300.